The molecule has 0 atom stereocenters. The standard InChI is InChI=1S/C26H33FN4O2S/c1-25(2,3)31-22(18-7-9-19(27)10-8-18)20(15-28-31)23-29-21(16-34-23)17-11-13-30(14-12-17)24(32)33-26(4,5)6/h7-10,15-17H,11-14H2,1-6H3. The molecule has 1 aliphatic heterocycles. The van der Waals surface area contributed by atoms with E-state index < -0.39 is 5.60 Å². The number of likely N-dealkylation sites (tertiary alicyclic amines) is 1. The molecule has 0 N–H and O–H groups in total. The topological polar surface area (TPSA) is 60.2 Å². The Labute approximate surface area is 204 Å². The van der Waals surface area contributed by atoms with Crippen LogP contribution in [0.25, 0.3) is 21.8 Å². The van der Waals surface area contributed by atoms with E-state index in [-0.39, 0.29) is 17.4 Å². The van der Waals surface area contributed by atoms with Gasteiger partial charge in [-0.1, -0.05) is 0 Å². The number of carbonyl (C=O) groups is 1. The van der Waals surface area contributed by atoms with E-state index in [1.165, 1.54) is 12.1 Å². The molecule has 182 valence electrons. The molecule has 0 unspecified atom stereocenters. The normalized spacial score (nSPS) is 15.6. The average molecular weight is 485 g/mol. The number of amides is 1. The van der Waals surface area contributed by atoms with Gasteiger partial charge in [0.1, 0.15) is 16.4 Å². The fourth-order valence-electron chi connectivity index (χ4n) is 4.18. The smallest absolute Gasteiger partial charge is 0.410 e. The average Bonchev–Trinajstić information content (AvgIpc) is 3.40. The molecule has 0 spiro atoms. The molecule has 1 aliphatic rings. The van der Waals surface area contributed by atoms with Crippen molar-refractivity contribution in [1.29, 1.82) is 0 Å². The van der Waals surface area contributed by atoms with Gasteiger partial charge in [-0.15, -0.1) is 11.3 Å². The van der Waals surface area contributed by atoms with Gasteiger partial charge in [0.05, 0.1) is 28.7 Å². The zero-order valence-electron chi connectivity index (χ0n) is 20.8. The fourth-order valence-corrected chi connectivity index (χ4v) is 5.09. The van der Waals surface area contributed by atoms with Crippen LogP contribution in [0.2, 0.25) is 0 Å². The van der Waals surface area contributed by atoms with Crippen molar-refractivity contribution in [2.75, 3.05) is 13.1 Å². The van der Waals surface area contributed by atoms with Gasteiger partial charge in [-0.3, -0.25) is 4.68 Å². The number of hydrogen-bond acceptors (Lipinski definition) is 5. The first-order valence-electron chi connectivity index (χ1n) is 11.7. The van der Waals surface area contributed by atoms with Crippen LogP contribution in [0.5, 0.6) is 0 Å². The SMILES string of the molecule is CC(C)(C)OC(=O)N1CCC(c2csc(-c3cnn(C(C)(C)C)c3-c3ccc(F)cc3)n2)CC1. The Kier molecular flexibility index (Phi) is 6.55. The van der Waals surface area contributed by atoms with Crippen LogP contribution in [0, 0.1) is 5.82 Å². The van der Waals surface area contributed by atoms with E-state index in [0.29, 0.717) is 19.0 Å². The van der Waals surface area contributed by atoms with Crippen molar-refractivity contribution in [2.24, 2.45) is 0 Å². The first kappa shape index (κ1) is 24.4. The molecule has 1 aromatic carbocycles. The lowest BCUT2D eigenvalue weighted by Gasteiger charge is -2.32. The number of thiazole rings is 1. The number of aromatic nitrogens is 3. The Morgan fingerprint density at radius 2 is 1.74 bits per heavy atom. The van der Waals surface area contributed by atoms with E-state index in [0.717, 1.165) is 40.4 Å². The van der Waals surface area contributed by atoms with Gasteiger partial charge in [0.2, 0.25) is 0 Å². The Morgan fingerprint density at radius 1 is 1.09 bits per heavy atom. The molecular weight excluding hydrogens is 451 g/mol. The number of benzene rings is 1. The number of halogens is 1. The number of ether oxygens (including phenoxy) is 1. The molecule has 6 nitrogen and oxygen atoms in total. The highest BCUT2D eigenvalue weighted by Gasteiger charge is 2.29. The largest absolute Gasteiger partial charge is 0.444 e. The van der Waals surface area contributed by atoms with E-state index in [9.17, 15) is 9.18 Å². The van der Waals surface area contributed by atoms with Crippen molar-refractivity contribution in [3.63, 3.8) is 0 Å². The summed E-state index contributed by atoms with van der Waals surface area (Å²) in [4.78, 5) is 19.2. The molecule has 0 bridgehead atoms. The lowest BCUT2D eigenvalue weighted by atomic mass is 9.94. The molecule has 8 heteroatoms. The summed E-state index contributed by atoms with van der Waals surface area (Å²) in [5.41, 5.74) is 3.12. The van der Waals surface area contributed by atoms with Gasteiger partial charge in [0.25, 0.3) is 0 Å². The molecule has 0 radical (unpaired) electrons. The van der Waals surface area contributed by atoms with Crippen LogP contribution in [0.3, 0.4) is 0 Å². The van der Waals surface area contributed by atoms with Crippen LogP contribution in [0.15, 0.2) is 35.8 Å². The van der Waals surface area contributed by atoms with Crippen molar-refractivity contribution in [2.45, 2.75) is 71.4 Å². The minimum atomic E-state index is -0.489. The second-order valence-electron chi connectivity index (χ2n) is 10.8. The van der Waals surface area contributed by atoms with Gasteiger partial charge in [-0.05, 0) is 78.6 Å². The van der Waals surface area contributed by atoms with Crippen LogP contribution in [-0.2, 0) is 10.3 Å². The van der Waals surface area contributed by atoms with Gasteiger partial charge in [-0.2, -0.15) is 5.10 Å². The highest BCUT2D eigenvalue weighted by molar-refractivity contribution is 7.13. The molecular formula is C26H33FN4O2S. The van der Waals surface area contributed by atoms with Crippen LogP contribution in [0.4, 0.5) is 9.18 Å². The van der Waals surface area contributed by atoms with Gasteiger partial charge >= 0.3 is 6.09 Å². The highest BCUT2D eigenvalue weighted by Crippen LogP contribution is 2.39. The second-order valence-corrected chi connectivity index (χ2v) is 11.7. The minimum Gasteiger partial charge on any atom is -0.444 e. The van der Waals surface area contributed by atoms with E-state index in [2.05, 4.69) is 31.2 Å². The van der Waals surface area contributed by atoms with Gasteiger partial charge in [-0.25, -0.2) is 14.2 Å². The summed E-state index contributed by atoms with van der Waals surface area (Å²) in [6.45, 7) is 13.3. The summed E-state index contributed by atoms with van der Waals surface area (Å²) in [5, 5.41) is 7.69. The first-order valence-corrected chi connectivity index (χ1v) is 12.6. The Morgan fingerprint density at radius 3 is 2.32 bits per heavy atom. The number of rotatable bonds is 3. The number of hydrogen-bond donors (Lipinski definition) is 0. The maximum Gasteiger partial charge on any atom is 0.410 e. The zero-order valence-corrected chi connectivity index (χ0v) is 21.6. The van der Waals surface area contributed by atoms with Crippen LogP contribution < -0.4 is 0 Å². The number of carbonyl (C=O) groups excluding carboxylic acids is 1. The summed E-state index contributed by atoms with van der Waals surface area (Å²) >= 11 is 1.60. The number of piperidine rings is 1. The highest BCUT2D eigenvalue weighted by atomic mass is 32.1. The maximum absolute atomic E-state index is 13.6. The number of nitrogens with zero attached hydrogens (tertiary/aromatic N) is 4. The molecule has 1 saturated heterocycles. The molecule has 2 aromatic heterocycles. The molecule has 34 heavy (non-hydrogen) atoms. The lowest BCUT2D eigenvalue weighted by Crippen LogP contribution is -2.41. The predicted octanol–water partition coefficient (Wildman–Crippen LogP) is 6.68. The Hall–Kier alpha value is -2.74. The van der Waals surface area contributed by atoms with Gasteiger partial charge < -0.3 is 9.64 Å². The third-order valence-electron chi connectivity index (χ3n) is 5.84. The monoisotopic (exact) mass is 484 g/mol. The third kappa shape index (κ3) is 5.32. The van der Waals surface area contributed by atoms with Crippen molar-refractivity contribution in [3.8, 4) is 21.8 Å². The van der Waals surface area contributed by atoms with Crippen molar-refractivity contribution < 1.29 is 13.9 Å². The zero-order chi connectivity index (χ0) is 24.7. The third-order valence-corrected chi connectivity index (χ3v) is 6.73. The van der Waals surface area contributed by atoms with E-state index in [1.54, 1.807) is 28.4 Å². The quantitative estimate of drug-likeness (QED) is 0.416. The van der Waals surface area contributed by atoms with E-state index >= 15 is 0 Å². The predicted molar refractivity (Wildman–Crippen MR) is 134 cm³/mol. The van der Waals surface area contributed by atoms with E-state index in [4.69, 9.17) is 9.72 Å². The summed E-state index contributed by atoms with van der Waals surface area (Å²) in [6.07, 6.45) is 3.32. The molecule has 0 saturated carbocycles. The summed E-state index contributed by atoms with van der Waals surface area (Å²) in [5.74, 6) is 0.0389. The van der Waals surface area contributed by atoms with Gasteiger partial charge in [0, 0.05) is 30.0 Å². The van der Waals surface area contributed by atoms with Crippen molar-refractivity contribution in [1.82, 2.24) is 19.7 Å². The van der Waals surface area contributed by atoms with Crippen LogP contribution >= 0.6 is 11.3 Å². The summed E-state index contributed by atoms with van der Waals surface area (Å²) < 4.78 is 21.1. The Balaban J connectivity index is 1.56. The van der Waals surface area contributed by atoms with Gasteiger partial charge in [0.15, 0.2) is 0 Å². The maximum atomic E-state index is 13.6. The summed E-state index contributed by atoms with van der Waals surface area (Å²) in [7, 11) is 0. The lowest BCUT2D eigenvalue weighted by molar-refractivity contribution is 0.0204. The molecule has 3 heterocycles. The Bertz CT molecular complexity index is 1150. The molecule has 3 aromatic rings. The fraction of sp³-hybridized carbons (Fsp3) is 0.500. The summed E-state index contributed by atoms with van der Waals surface area (Å²) in [6, 6.07) is 6.54. The van der Waals surface area contributed by atoms with Crippen LogP contribution in [-0.4, -0.2) is 44.4 Å². The molecule has 4 rings (SSSR count). The van der Waals surface area contributed by atoms with Crippen LogP contribution in [0.1, 0.15) is 66.0 Å². The molecule has 0 aliphatic carbocycles. The molecule has 1 amide bonds. The van der Waals surface area contributed by atoms with E-state index in [1.807, 2.05) is 31.6 Å². The molecule has 1 fully saturated rings. The second kappa shape index (κ2) is 9.13. The van der Waals surface area contributed by atoms with Crippen molar-refractivity contribution in [3.05, 3.63) is 47.4 Å². The van der Waals surface area contributed by atoms with Crippen molar-refractivity contribution >= 4 is 17.4 Å². The minimum absolute atomic E-state index is 0.240. The first-order chi connectivity index (χ1) is 15.9.